The van der Waals surface area contributed by atoms with Gasteiger partial charge >= 0.3 is 6.55 Å². The van der Waals surface area contributed by atoms with Crippen LogP contribution in [-0.2, 0) is 12.3 Å². The molecular formula is C15H14ClF2N5S. The molecule has 0 unspecified atom stereocenters. The minimum absolute atomic E-state index is 0.283. The van der Waals surface area contributed by atoms with Crippen LogP contribution in [0, 0.1) is 0 Å². The number of imidazole rings is 1. The topological polar surface area (TPSA) is 48.5 Å². The number of benzene rings is 1. The molecule has 3 aromatic rings. The molecule has 2 heterocycles. The summed E-state index contributed by atoms with van der Waals surface area (Å²) in [5, 5.41) is 9.66. The average Bonchev–Trinajstić information content (AvgIpc) is 3.19. The van der Waals surface area contributed by atoms with Gasteiger partial charge < -0.3 is 4.57 Å². The van der Waals surface area contributed by atoms with Crippen LogP contribution in [0.5, 0.6) is 0 Å². The first-order chi connectivity index (χ1) is 11.6. The summed E-state index contributed by atoms with van der Waals surface area (Å²) in [4.78, 5) is 3.97. The average molecular weight is 370 g/mol. The minimum Gasteiger partial charge on any atom is -0.302 e. The van der Waals surface area contributed by atoms with Gasteiger partial charge in [0.05, 0.1) is 5.75 Å². The van der Waals surface area contributed by atoms with E-state index in [2.05, 4.69) is 15.2 Å². The van der Waals surface area contributed by atoms with Gasteiger partial charge in [0.1, 0.15) is 5.82 Å². The molecule has 0 aliphatic heterocycles. The van der Waals surface area contributed by atoms with Gasteiger partial charge in [-0.05, 0) is 19.1 Å². The first-order valence-electron chi connectivity index (χ1n) is 7.22. The number of halogens is 3. The molecule has 0 saturated carbocycles. The van der Waals surface area contributed by atoms with E-state index in [1.807, 2.05) is 29.7 Å². The molecule has 0 aliphatic rings. The van der Waals surface area contributed by atoms with Gasteiger partial charge in [0, 0.05) is 29.5 Å². The van der Waals surface area contributed by atoms with Crippen LogP contribution in [0.2, 0.25) is 5.02 Å². The fourth-order valence-corrected chi connectivity index (χ4v) is 3.43. The van der Waals surface area contributed by atoms with E-state index in [1.165, 1.54) is 24.2 Å². The molecule has 2 aromatic heterocycles. The largest absolute Gasteiger partial charge is 0.319 e. The predicted molar refractivity (Wildman–Crippen MR) is 89.2 cm³/mol. The lowest BCUT2D eigenvalue weighted by Crippen LogP contribution is -2.03. The Balaban J connectivity index is 1.83. The monoisotopic (exact) mass is 369 g/mol. The third kappa shape index (κ3) is 3.44. The molecule has 0 spiro atoms. The molecule has 0 saturated heterocycles. The highest BCUT2D eigenvalue weighted by molar-refractivity contribution is 7.98. The number of hydrogen-bond acceptors (Lipinski definition) is 4. The van der Waals surface area contributed by atoms with Crippen molar-refractivity contribution >= 4 is 23.4 Å². The summed E-state index contributed by atoms with van der Waals surface area (Å²) in [6.07, 6.45) is 2.63. The van der Waals surface area contributed by atoms with E-state index in [9.17, 15) is 8.78 Å². The van der Waals surface area contributed by atoms with Gasteiger partial charge in [-0.15, -0.1) is 10.2 Å². The first kappa shape index (κ1) is 16.9. The summed E-state index contributed by atoms with van der Waals surface area (Å²) in [6.45, 7) is 0.0244. The third-order valence-corrected chi connectivity index (χ3v) is 4.60. The van der Waals surface area contributed by atoms with Crippen LogP contribution < -0.4 is 0 Å². The number of thioether (sulfide) groups is 1. The molecule has 0 aliphatic carbocycles. The molecule has 0 bridgehead atoms. The van der Waals surface area contributed by atoms with E-state index in [-0.39, 0.29) is 5.75 Å². The quantitative estimate of drug-likeness (QED) is 0.600. The Labute approximate surface area is 146 Å². The van der Waals surface area contributed by atoms with Crippen LogP contribution in [-0.4, -0.2) is 24.3 Å². The summed E-state index contributed by atoms with van der Waals surface area (Å²) >= 11 is 7.35. The predicted octanol–water partition coefficient (Wildman–Crippen LogP) is 4.50. The molecule has 1 aromatic carbocycles. The van der Waals surface area contributed by atoms with Crippen molar-refractivity contribution in [3.05, 3.63) is 47.5 Å². The lowest BCUT2D eigenvalue weighted by molar-refractivity contribution is 0.0678. The zero-order chi connectivity index (χ0) is 17.1. The van der Waals surface area contributed by atoms with E-state index in [0.717, 1.165) is 10.1 Å². The molecule has 9 heteroatoms. The zero-order valence-corrected chi connectivity index (χ0v) is 14.3. The van der Waals surface area contributed by atoms with E-state index >= 15 is 0 Å². The number of hydrogen-bond donors (Lipinski definition) is 0. The maximum Gasteiger partial charge on any atom is 0.319 e. The molecule has 0 atom stereocenters. The number of alkyl halides is 2. The van der Waals surface area contributed by atoms with Crippen LogP contribution >= 0.6 is 23.4 Å². The third-order valence-electron chi connectivity index (χ3n) is 3.41. The van der Waals surface area contributed by atoms with Gasteiger partial charge in [0.2, 0.25) is 0 Å². The molecule has 0 radical (unpaired) electrons. The van der Waals surface area contributed by atoms with Crippen LogP contribution in [0.25, 0.3) is 11.4 Å². The van der Waals surface area contributed by atoms with Crippen LogP contribution in [0.1, 0.15) is 19.3 Å². The minimum atomic E-state index is -2.60. The van der Waals surface area contributed by atoms with Crippen molar-refractivity contribution in [2.45, 2.75) is 30.9 Å². The molecule has 3 rings (SSSR count). The fourth-order valence-electron chi connectivity index (χ4n) is 2.28. The Hall–Kier alpha value is -1.93. The summed E-state index contributed by atoms with van der Waals surface area (Å²) in [5.41, 5.74) is 0.859. The van der Waals surface area contributed by atoms with Crippen molar-refractivity contribution in [3.63, 3.8) is 0 Å². The molecular weight excluding hydrogens is 356 g/mol. The lowest BCUT2D eigenvalue weighted by Gasteiger charge is -2.08. The number of nitrogens with zero attached hydrogens (tertiary/aromatic N) is 5. The summed E-state index contributed by atoms with van der Waals surface area (Å²) in [6, 6.07) is 7.35. The molecule has 5 nitrogen and oxygen atoms in total. The van der Waals surface area contributed by atoms with Crippen molar-refractivity contribution in [1.29, 1.82) is 0 Å². The maximum atomic E-state index is 12.9. The smallest absolute Gasteiger partial charge is 0.302 e. The lowest BCUT2D eigenvalue weighted by atomic mass is 10.2. The maximum absolute atomic E-state index is 12.9. The van der Waals surface area contributed by atoms with Crippen molar-refractivity contribution < 1.29 is 8.78 Å². The van der Waals surface area contributed by atoms with E-state index in [0.29, 0.717) is 28.4 Å². The van der Waals surface area contributed by atoms with Gasteiger partial charge in [-0.2, -0.15) is 8.78 Å². The highest BCUT2D eigenvalue weighted by atomic mass is 35.5. The SMILES string of the molecule is CCn1c(SCc2nccn2C(F)F)nnc1-c1cccc(Cl)c1. The molecule has 0 amide bonds. The number of rotatable bonds is 6. The van der Waals surface area contributed by atoms with Crippen molar-refractivity contribution in [3.8, 4) is 11.4 Å². The normalized spacial score (nSPS) is 11.4. The van der Waals surface area contributed by atoms with Crippen molar-refractivity contribution in [2.24, 2.45) is 0 Å². The van der Waals surface area contributed by atoms with E-state index in [1.54, 1.807) is 6.07 Å². The highest BCUT2D eigenvalue weighted by Gasteiger charge is 2.16. The van der Waals surface area contributed by atoms with Gasteiger partial charge in [-0.1, -0.05) is 35.5 Å². The Kier molecular flexibility index (Phi) is 5.15. The summed E-state index contributed by atoms with van der Waals surface area (Å²) < 4.78 is 28.5. The van der Waals surface area contributed by atoms with Gasteiger partial charge in [-0.3, -0.25) is 4.57 Å². The van der Waals surface area contributed by atoms with Gasteiger partial charge in [-0.25, -0.2) is 4.98 Å². The Bertz CT molecular complexity index is 833. The Morgan fingerprint density at radius 3 is 2.83 bits per heavy atom. The fraction of sp³-hybridized carbons (Fsp3) is 0.267. The van der Waals surface area contributed by atoms with Gasteiger partial charge in [0.25, 0.3) is 0 Å². The second-order valence-corrected chi connectivity index (χ2v) is 6.26. The summed E-state index contributed by atoms with van der Waals surface area (Å²) in [5.74, 6) is 1.27. The Morgan fingerprint density at radius 1 is 1.29 bits per heavy atom. The van der Waals surface area contributed by atoms with E-state index in [4.69, 9.17) is 11.6 Å². The van der Waals surface area contributed by atoms with Crippen LogP contribution in [0.3, 0.4) is 0 Å². The van der Waals surface area contributed by atoms with Gasteiger partial charge in [0.15, 0.2) is 11.0 Å². The first-order valence-corrected chi connectivity index (χ1v) is 8.58. The standard InChI is InChI=1S/C15H14ClF2N5S/c1-2-22-13(10-4-3-5-11(16)8-10)20-21-15(22)24-9-12-19-6-7-23(12)14(17)18/h3-8,14H,2,9H2,1H3. The summed E-state index contributed by atoms with van der Waals surface area (Å²) in [7, 11) is 0. The highest BCUT2D eigenvalue weighted by Crippen LogP contribution is 2.28. The van der Waals surface area contributed by atoms with Crippen molar-refractivity contribution in [1.82, 2.24) is 24.3 Å². The number of aromatic nitrogens is 5. The molecule has 126 valence electrons. The second kappa shape index (κ2) is 7.31. The zero-order valence-electron chi connectivity index (χ0n) is 12.7. The molecule has 0 fully saturated rings. The van der Waals surface area contributed by atoms with Crippen molar-refractivity contribution in [2.75, 3.05) is 0 Å². The van der Waals surface area contributed by atoms with Crippen LogP contribution in [0.4, 0.5) is 8.78 Å². The molecule has 24 heavy (non-hydrogen) atoms. The second-order valence-electron chi connectivity index (χ2n) is 4.88. The Morgan fingerprint density at radius 2 is 2.12 bits per heavy atom. The molecule has 0 N–H and O–H groups in total. The van der Waals surface area contributed by atoms with Crippen LogP contribution in [0.15, 0.2) is 41.8 Å². The van der Waals surface area contributed by atoms with E-state index < -0.39 is 6.55 Å².